The summed E-state index contributed by atoms with van der Waals surface area (Å²) in [5.74, 6) is 0.185. The van der Waals surface area contributed by atoms with Crippen LogP contribution in [0, 0.1) is 0 Å². The van der Waals surface area contributed by atoms with Crippen LogP contribution in [0.3, 0.4) is 0 Å². The highest BCUT2D eigenvalue weighted by molar-refractivity contribution is 5.94. The summed E-state index contributed by atoms with van der Waals surface area (Å²) in [6.07, 6.45) is 0.485. The van der Waals surface area contributed by atoms with Crippen LogP contribution in [-0.4, -0.2) is 25.0 Å². The molecule has 4 nitrogen and oxygen atoms in total. The number of benzene rings is 1. The van der Waals surface area contributed by atoms with Crippen molar-refractivity contribution < 1.29 is 19.1 Å². The maximum atomic E-state index is 11.1. The van der Waals surface area contributed by atoms with Gasteiger partial charge in [0, 0.05) is 6.42 Å². The second-order valence-corrected chi connectivity index (χ2v) is 3.93. The van der Waals surface area contributed by atoms with Crippen LogP contribution in [0.25, 0.3) is 0 Å². The first-order valence-corrected chi connectivity index (χ1v) is 5.98. The molecular weight excluding hydrogens is 232 g/mol. The molecule has 1 aromatic rings. The van der Waals surface area contributed by atoms with Gasteiger partial charge in [-0.25, -0.2) is 0 Å². The molecular formula is C14H18O4. The average molecular weight is 250 g/mol. The molecule has 0 unspecified atom stereocenters. The van der Waals surface area contributed by atoms with E-state index in [0.29, 0.717) is 19.6 Å². The lowest BCUT2D eigenvalue weighted by Gasteiger charge is -2.06. The predicted octanol–water partition coefficient (Wildman–Crippen LogP) is 2.15. The highest BCUT2D eigenvalue weighted by Crippen LogP contribution is 2.12. The van der Waals surface area contributed by atoms with Crippen LogP contribution in [0.2, 0.25) is 0 Å². The lowest BCUT2D eigenvalue weighted by atomic mass is 10.1. The Morgan fingerprint density at radius 2 is 1.83 bits per heavy atom. The van der Waals surface area contributed by atoms with Crippen molar-refractivity contribution >= 4 is 11.8 Å². The molecule has 0 saturated heterocycles. The molecule has 1 rings (SSSR count). The van der Waals surface area contributed by atoms with Crippen LogP contribution in [-0.2, 0) is 20.7 Å². The summed E-state index contributed by atoms with van der Waals surface area (Å²) >= 11 is 0. The minimum Gasteiger partial charge on any atom is -0.494 e. The van der Waals surface area contributed by atoms with E-state index in [1.54, 1.807) is 0 Å². The first-order chi connectivity index (χ1) is 8.61. The highest BCUT2D eigenvalue weighted by atomic mass is 16.5. The highest BCUT2D eigenvalue weighted by Gasteiger charge is 2.05. The van der Waals surface area contributed by atoms with Gasteiger partial charge in [0.15, 0.2) is 0 Å². The Balaban J connectivity index is 2.31. The zero-order valence-electron chi connectivity index (χ0n) is 10.8. The van der Waals surface area contributed by atoms with Crippen molar-refractivity contribution in [2.45, 2.75) is 26.7 Å². The Labute approximate surface area is 107 Å². The molecule has 18 heavy (non-hydrogen) atoms. The SMILES string of the molecule is CCOc1ccc(CCOC(=O)CC(C)=O)cc1. The number of hydrogen-bond acceptors (Lipinski definition) is 4. The summed E-state index contributed by atoms with van der Waals surface area (Å²) in [7, 11) is 0. The van der Waals surface area contributed by atoms with E-state index in [9.17, 15) is 9.59 Å². The van der Waals surface area contributed by atoms with E-state index in [1.165, 1.54) is 6.92 Å². The molecule has 0 amide bonds. The topological polar surface area (TPSA) is 52.6 Å². The fourth-order valence-electron chi connectivity index (χ4n) is 1.46. The van der Waals surface area contributed by atoms with E-state index < -0.39 is 5.97 Å². The molecule has 0 N–H and O–H groups in total. The van der Waals surface area contributed by atoms with Crippen molar-refractivity contribution in [3.05, 3.63) is 29.8 Å². The van der Waals surface area contributed by atoms with Crippen LogP contribution in [0.15, 0.2) is 24.3 Å². The number of hydrogen-bond donors (Lipinski definition) is 0. The van der Waals surface area contributed by atoms with E-state index in [-0.39, 0.29) is 12.2 Å². The van der Waals surface area contributed by atoms with Crippen molar-refractivity contribution in [3.63, 3.8) is 0 Å². The van der Waals surface area contributed by atoms with Crippen molar-refractivity contribution in [2.24, 2.45) is 0 Å². The molecule has 98 valence electrons. The Morgan fingerprint density at radius 1 is 1.17 bits per heavy atom. The van der Waals surface area contributed by atoms with Crippen molar-refractivity contribution in [2.75, 3.05) is 13.2 Å². The minimum atomic E-state index is -0.464. The third-order valence-electron chi connectivity index (χ3n) is 2.28. The zero-order chi connectivity index (χ0) is 13.4. The molecule has 0 aromatic heterocycles. The summed E-state index contributed by atoms with van der Waals surface area (Å²) in [4.78, 5) is 21.8. The molecule has 4 heteroatoms. The minimum absolute atomic E-state index is 0.150. The lowest BCUT2D eigenvalue weighted by molar-refractivity contribution is -0.145. The van der Waals surface area contributed by atoms with Crippen LogP contribution >= 0.6 is 0 Å². The maximum Gasteiger partial charge on any atom is 0.313 e. The number of ketones is 1. The predicted molar refractivity (Wildman–Crippen MR) is 67.6 cm³/mol. The number of carbonyl (C=O) groups is 2. The summed E-state index contributed by atoms with van der Waals surface area (Å²) in [6.45, 7) is 4.23. The van der Waals surface area contributed by atoms with Gasteiger partial charge in [0.05, 0.1) is 13.2 Å². The third-order valence-corrected chi connectivity index (χ3v) is 2.28. The van der Waals surface area contributed by atoms with Gasteiger partial charge in [-0.1, -0.05) is 12.1 Å². The largest absolute Gasteiger partial charge is 0.494 e. The Bertz CT molecular complexity index is 395. The second-order valence-electron chi connectivity index (χ2n) is 3.93. The second kappa shape index (κ2) is 7.48. The summed E-state index contributed by atoms with van der Waals surface area (Å²) in [5.41, 5.74) is 1.06. The first kappa shape index (κ1) is 14.2. The Hall–Kier alpha value is -1.84. The van der Waals surface area contributed by atoms with Gasteiger partial charge in [0.2, 0.25) is 0 Å². The van der Waals surface area contributed by atoms with Gasteiger partial charge in [0.1, 0.15) is 18.0 Å². The smallest absolute Gasteiger partial charge is 0.313 e. The summed E-state index contributed by atoms with van der Waals surface area (Å²) < 4.78 is 10.3. The Kier molecular flexibility index (Phi) is 5.91. The quantitative estimate of drug-likeness (QED) is 0.549. The van der Waals surface area contributed by atoms with Gasteiger partial charge in [-0.3, -0.25) is 9.59 Å². The monoisotopic (exact) mass is 250 g/mol. The average Bonchev–Trinajstić information content (AvgIpc) is 2.31. The van der Waals surface area contributed by atoms with Gasteiger partial charge >= 0.3 is 5.97 Å². The van der Waals surface area contributed by atoms with Gasteiger partial charge in [-0.05, 0) is 31.5 Å². The number of ether oxygens (including phenoxy) is 2. The zero-order valence-corrected chi connectivity index (χ0v) is 10.8. The molecule has 1 aromatic carbocycles. The summed E-state index contributed by atoms with van der Waals surface area (Å²) in [6, 6.07) is 7.64. The first-order valence-electron chi connectivity index (χ1n) is 5.98. The molecule has 0 fully saturated rings. The maximum absolute atomic E-state index is 11.1. The molecule has 0 aliphatic carbocycles. The van der Waals surface area contributed by atoms with E-state index >= 15 is 0 Å². The van der Waals surface area contributed by atoms with E-state index in [0.717, 1.165) is 11.3 Å². The van der Waals surface area contributed by atoms with Crippen molar-refractivity contribution in [1.82, 2.24) is 0 Å². The Morgan fingerprint density at radius 3 is 2.39 bits per heavy atom. The fourth-order valence-corrected chi connectivity index (χ4v) is 1.46. The molecule has 0 aliphatic rings. The van der Waals surface area contributed by atoms with Crippen LogP contribution in [0.5, 0.6) is 5.75 Å². The molecule has 0 heterocycles. The van der Waals surface area contributed by atoms with Gasteiger partial charge in [0.25, 0.3) is 0 Å². The molecule has 0 radical (unpaired) electrons. The van der Waals surface area contributed by atoms with Gasteiger partial charge < -0.3 is 9.47 Å². The van der Waals surface area contributed by atoms with Crippen LogP contribution in [0.1, 0.15) is 25.8 Å². The standard InChI is InChI=1S/C14H18O4/c1-3-17-13-6-4-12(5-7-13)8-9-18-14(16)10-11(2)15/h4-7H,3,8-10H2,1-2H3. The molecule has 0 saturated carbocycles. The van der Waals surface area contributed by atoms with Crippen LogP contribution < -0.4 is 4.74 Å². The van der Waals surface area contributed by atoms with Gasteiger partial charge in [-0.2, -0.15) is 0 Å². The lowest BCUT2D eigenvalue weighted by Crippen LogP contribution is -2.11. The molecule has 0 bridgehead atoms. The molecule has 0 atom stereocenters. The van der Waals surface area contributed by atoms with Gasteiger partial charge in [-0.15, -0.1) is 0 Å². The van der Waals surface area contributed by atoms with Crippen molar-refractivity contribution in [3.8, 4) is 5.75 Å². The van der Waals surface area contributed by atoms with Crippen LogP contribution in [0.4, 0.5) is 0 Å². The number of Topliss-reactive ketones (excluding diaryl/α,β-unsaturated/α-hetero) is 1. The van der Waals surface area contributed by atoms with Crippen molar-refractivity contribution in [1.29, 1.82) is 0 Å². The molecule has 0 spiro atoms. The number of esters is 1. The van der Waals surface area contributed by atoms with E-state index in [1.807, 2.05) is 31.2 Å². The normalized spacial score (nSPS) is 9.89. The number of carbonyl (C=O) groups excluding carboxylic acids is 2. The third kappa shape index (κ3) is 5.48. The van der Waals surface area contributed by atoms with E-state index in [4.69, 9.17) is 9.47 Å². The molecule has 0 aliphatic heterocycles. The number of rotatable bonds is 7. The van der Waals surface area contributed by atoms with E-state index in [2.05, 4.69) is 0 Å². The summed E-state index contributed by atoms with van der Waals surface area (Å²) in [5, 5.41) is 0. The fraction of sp³-hybridized carbons (Fsp3) is 0.429.